The fourth-order valence-corrected chi connectivity index (χ4v) is 2.58. The van der Waals surface area contributed by atoms with Gasteiger partial charge in [-0.15, -0.1) is 0 Å². The predicted octanol–water partition coefficient (Wildman–Crippen LogP) is 1.49. The van der Waals surface area contributed by atoms with Crippen LogP contribution in [-0.2, 0) is 4.79 Å². The topological polar surface area (TPSA) is 58.4 Å². The molecule has 1 saturated heterocycles. The fraction of sp³-hybridized carbons (Fsp3) is 0.462. The van der Waals surface area contributed by atoms with Crippen LogP contribution >= 0.6 is 15.9 Å². The third-order valence-corrected chi connectivity index (χ3v) is 3.67. The Hall–Kier alpha value is -1.07. The van der Waals surface area contributed by atoms with E-state index in [1.54, 1.807) is 0 Å². The van der Waals surface area contributed by atoms with Crippen LogP contribution < -0.4 is 16.0 Å². The van der Waals surface area contributed by atoms with Gasteiger partial charge in [-0.3, -0.25) is 4.79 Å². The molecule has 1 amide bonds. The standard InChI is InChI=1S/C13H18BrN3O/c1-9-8-17(11-4-2-10(14)3-5-11)12(6-7-15)13(18)16-9/h2-5,9,12H,6-8,15H2,1H3,(H,16,18). The number of carbonyl (C=O) groups is 1. The van der Waals surface area contributed by atoms with Gasteiger partial charge in [-0.05, 0) is 44.2 Å². The molecule has 1 aliphatic heterocycles. The van der Waals surface area contributed by atoms with Gasteiger partial charge in [0.05, 0.1) is 0 Å². The zero-order valence-electron chi connectivity index (χ0n) is 10.4. The highest BCUT2D eigenvalue weighted by molar-refractivity contribution is 9.10. The summed E-state index contributed by atoms with van der Waals surface area (Å²) >= 11 is 3.42. The Morgan fingerprint density at radius 1 is 1.44 bits per heavy atom. The summed E-state index contributed by atoms with van der Waals surface area (Å²) in [6.45, 7) is 3.35. The summed E-state index contributed by atoms with van der Waals surface area (Å²) in [6.07, 6.45) is 0.675. The highest BCUT2D eigenvalue weighted by Crippen LogP contribution is 2.23. The minimum absolute atomic E-state index is 0.0714. The first kappa shape index (κ1) is 13.4. The number of nitrogens with two attached hydrogens (primary N) is 1. The third-order valence-electron chi connectivity index (χ3n) is 3.14. The molecule has 0 saturated carbocycles. The highest BCUT2D eigenvalue weighted by atomic mass is 79.9. The molecule has 1 aromatic carbocycles. The number of anilines is 1. The maximum Gasteiger partial charge on any atom is 0.243 e. The van der Waals surface area contributed by atoms with Crippen LogP contribution in [0.4, 0.5) is 5.69 Å². The molecule has 2 unspecified atom stereocenters. The molecular formula is C13H18BrN3O. The number of halogens is 1. The van der Waals surface area contributed by atoms with E-state index in [9.17, 15) is 4.79 Å². The lowest BCUT2D eigenvalue weighted by Gasteiger charge is -2.39. The van der Waals surface area contributed by atoms with Gasteiger partial charge in [0, 0.05) is 22.7 Å². The fourth-order valence-electron chi connectivity index (χ4n) is 2.31. The van der Waals surface area contributed by atoms with Gasteiger partial charge in [0.25, 0.3) is 0 Å². The normalized spacial score (nSPS) is 23.9. The minimum Gasteiger partial charge on any atom is -0.357 e. The summed E-state index contributed by atoms with van der Waals surface area (Å²) in [4.78, 5) is 14.2. The summed E-state index contributed by atoms with van der Waals surface area (Å²) in [5.74, 6) is 0.0714. The second-order valence-electron chi connectivity index (χ2n) is 4.63. The van der Waals surface area contributed by atoms with E-state index < -0.39 is 0 Å². The van der Waals surface area contributed by atoms with Crippen LogP contribution in [0.1, 0.15) is 13.3 Å². The van der Waals surface area contributed by atoms with E-state index in [1.165, 1.54) is 0 Å². The van der Waals surface area contributed by atoms with Crippen molar-refractivity contribution in [2.45, 2.75) is 25.4 Å². The number of carbonyl (C=O) groups excluding carboxylic acids is 1. The Bertz CT molecular complexity index is 421. The molecule has 1 aliphatic rings. The zero-order valence-corrected chi connectivity index (χ0v) is 12.0. The second kappa shape index (κ2) is 5.71. The van der Waals surface area contributed by atoms with Crippen molar-refractivity contribution in [1.82, 2.24) is 5.32 Å². The van der Waals surface area contributed by atoms with Crippen molar-refractivity contribution in [3.63, 3.8) is 0 Å². The van der Waals surface area contributed by atoms with Gasteiger partial charge in [0.2, 0.25) is 5.91 Å². The van der Waals surface area contributed by atoms with Gasteiger partial charge in [-0.25, -0.2) is 0 Å². The molecule has 5 heteroatoms. The molecule has 18 heavy (non-hydrogen) atoms. The number of rotatable bonds is 3. The third kappa shape index (κ3) is 2.84. The van der Waals surface area contributed by atoms with Crippen molar-refractivity contribution < 1.29 is 4.79 Å². The molecule has 0 aliphatic carbocycles. The van der Waals surface area contributed by atoms with Gasteiger partial charge in [0.1, 0.15) is 6.04 Å². The van der Waals surface area contributed by atoms with Crippen molar-refractivity contribution in [2.24, 2.45) is 5.73 Å². The van der Waals surface area contributed by atoms with E-state index in [-0.39, 0.29) is 18.0 Å². The lowest BCUT2D eigenvalue weighted by atomic mass is 10.0. The first-order chi connectivity index (χ1) is 8.61. The molecule has 3 N–H and O–H groups in total. The van der Waals surface area contributed by atoms with E-state index in [0.717, 1.165) is 16.7 Å². The summed E-state index contributed by atoms with van der Waals surface area (Å²) < 4.78 is 1.04. The SMILES string of the molecule is CC1CN(c2ccc(Br)cc2)C(CCN)C(=O)N1. The molecule has 2 rings (SSSR count). The Morgan fingerprint density at radius 2 is 2.11 bits per heavy atom. The average molecular weight is 312 g/mol. The molecular weight excluding hydrogens is 294 g/mol. The molecule has 4 nitrogen and oxygen atoms in total. The van der Waals surface area contributed by atoms with Crippen LogP contribution in [0, 0.1) is 0 Å². The van der Waals surface area contributed by atoms with Crippen LogP contribution in [0.2, 0.25) is 0 Å². The number of hydrogen-bond donors (Lipinski definition) is 2. The molecule has 98 valence electrons. The lowest BCUT2D eigenvalue weighted by Crippen LogP contribution is -2.59. The van der Waals surface area contributed by atoms with E-state index in [1.807, 2.05) is 31.2 Å². The molecule has 0 radical (unpaired) electrons. The van der Waals surface area contributed by atoms with Crippen molar-refractivity contribution in [2.75, 3.05) is 18.0 Å². The molecule has 0 bridgehead atoms. The van der Waals surface area contributed by atoms with Gasteiger partial charge >= 0.3 is 0 Å². The van der Waals surface area contributed by atoms with Crippen LogP contribution in [-0.4, -0.2) is 31.1 Å². The summed E-state index contributed by atoms with van der Waals surface area (Å²) in [6, 6.07) is 8.04. The number of piperazine rings is 1. The maximum atomic E-state index is 12.0. The summed E-state index contributed by atoms with van der Waals surface area (Å²) in [5, 5.41) is 2.98. The monoisotopic (exact) mass is 311 g/mol. The molecule has 1 heterocycles. The average Bonchev–Trinajstić information content (AvgIpc) is 2.33. The van der Waals surface area contributed by atoms with Crippen molar-refractivity contribution in [3.8, 4) is 0 Å². The first-order valence-electron chi connectivity index (χ1n) is 6.14. The number of nitrogens with one attached hydrogen (secondary N) is 1. The van der Waals surface area contributed by atoms with E-state index in [0.29, 0.717) is 13.0 Å². The smallest absolute Gasteiger partial charge is 0.243 e. The molecule has 0 aromatic heterocycles. The van der Waals surface area contributed by atoms with Gasteiger partial charge in [0.15, 0.2) is 0 Å². The zero-order chi connectivity index (χ0) is 13.1. The number of benzene rings is 1. The van der Waals surface area contributed by atoms with E-state index in [4.69, 9.17) is 5.73 Å². The Kier molecular flexibility index (Phi) is 4.24. The summed E-state index contributed by atoms with van der Waals surface area (Å²) in [7, 11) is 0. The lowest BCUT2D eigenvalue weighted by molar-refractivity contribution is -0.124. The van der Waals surface area contributed by atoms with Crippen LogP contribution in [0.5, 0.6) is 0 Å². The molecule has 1 fully saturated rings. The second-order valence-corrected chi connectivity index (χ2v) is 5.55. The van der Waals surface area contributed by atoms with Crippen molar-refractivity contribution >= 4 is 27.5 Å². The van der Waals surface area contributed by atoms with Crippen LogP contribution in [0.3, 0.4) is 0 Å². The minimum atomic E-state index is -0.160. The largest absolute Gasteiger partial charge is 0.357 e. The van der Waals surface area contributed by atoms with Gasteiger partial charge in [-0.1, -0.05) is 15.9 Å². The maximum absolute atomic E-state index is 12.0. The van der Waals surface area contributed by atoms with Crippen LogP contribution in [0.25, 0.3) is 0 Å². The van der Waals surface area contributed by atoms with E-state index in [2.05, 4.69) is 26.1 Å². The first-order valence-corrected chi connectivity index (χ1v) is 6.93. The predicted molar refractivity (Wildman–Crippen MR) is 76.6 cm³/mol. The molecule has 1 aromatic rings. The number of hydrogen-bond acceptors (Lipinski definition) is 3. The number of amides is 1. The van der Waals surface area contributed by atoms with Crippen molar-refractivity contribution in [1.29, 1.82) is 0 Å². The Balaban J connectivity index is 2.25. The van der Waals surface area contributed by atoms with Crippen LogP contribution in [0.15, 0.2) is 28.7 Å². The summed E-state index contributed by atoms with van der Waals surface area (Å²) in [5.41, 5.74) is 6.67. The quantitative estimate of drug-likeness (QED) is 0.889. The van der Waals surface area contributed by atoms with Gasteiger partial charge < -0.3 is 16.0 Å². The molecule has 2 atom stereocenters. The molecule has 0 spiro atoms. The van der Waals surface area contributed by atoms with E-state index >= 15 is 0 Å². The number of nitrogens with zero attached hydrogens (tertiary/aromatic N) is 1. The van der Waals surface area contributed by atoms with Crippen molar-refractivity contribution in [3.05, 3.63) is 28.7 Å². The Morgan fingerprint density at radius 3 is 2.72 bits per heavy atom. The highest BCUT2D eigenvalue weighted by Gasteiger charge is 2.32. The van der Waals surface area contributed by atoms with Gasteiger partial charge in [-0.2, -0.15) is 0 Å². The Labute approximate surface area is 116 Å².